The van der Waals surface area contributed by atoms with E-state index in [2.05, 4.69) is 0 Å². The molecule has 0 aliphatic rings. The number of ether oxygens (including phenoxy) is 1. The van der Waals surface area contributed by atoms with Gasteiger partial charge in [0, 0.05) is 9.77 Å². The van der Waals surface area contributed by atoms with E-state index in [-0.39, 0.29) is 6.61 Å². The van der Waals surface area contributed by atoms with Crippen LogP contribution in [0, 0.1) is 0 Å². The zero-order valence-electron chi connectivity index (χ0n) is 14.0. The van der Waals surface area contributed by atoms with Crippen molar-refractivity contribution in [2.24, 2.45) is 0 Å². The first-order valence-corrected chi connectivity index (χ1v) is 9.55. The zero-order valence-corrected chi connectivity index (χ0v) is 15.6. The number of hydrogen-bond acceptors (Lipinski definition) is 3. The summed E-state index contributed by atoms with van der Waals surface area (Å²) in [5, 5.41) is 1.86. The smallest absolute Gasteiger partial charge is 0.418 e. The van der Waals surface area contributed by atoms with E-state index in [9.17, 15) is 26.3 Å². The summed E-state index contributed by atoms with van der Waals surface area (Å²) in [7, 11) is 0. The van der Waals surface area contributed by atoms with Gasteiger partial charge in [-0.15, -0.1) is 11.3 Å². The van der Waals surface area contributed by atoms with Gasteiger partial charge in [-0.3, -0.25) is 0 Å². The molecule has 0 N–H and O–H groups in total. The Kier molecular flexibility index (Phi) is 5.95. The van der Waals surface area contributed by atoms with E-state index in [1.807, 2.05) is 17.5 Å². The molecule has 2 aromatic carbocycles. The Balaban J connectivity index is 1.96. The minimum absolute atomic E-state index is 0.212. The summed E-state index contributed by atoms with van der Waals surface area (Å²) in [6.07, 6.45) is -10.3. The van der Waals surface area contributed by atoms with Crippen LogP contribution in [0.1, 0.15) is 16.0 Å². The largest absolute Gasteiger partial charge is 0.487 e. The van der Waals surface area contributed by atoms with Crippen LogP contribution in [0.15, 0.2) is 69.8 Å². The lowest BCUT2D eigenvalue weighted by Gasteiger charge is -2.19. The van der Waals surface area contributed by atoms with E-state index >= 15 is 0 Å². The van der Waals surface area contributed by atoms with Gasteiger partial charge in [-0.05, 0) is 35.7 Å². The van der Waals surface area contributed by atoms with Gasteiger partial charge < -0.3 is 4.74 Å². The Bertz CT molecular complexity index is 932. The van der Waals surface area contributed by atoms with Crippen LogP contribution in [0.25, 0.3) is 0 Å². The molecule has 0 aliphatic carbocycles. The lowest BCUT2D eigenvalue weighted by molar-refractivity contribution is -0.163. The van der Waals surface area contributed by atoms with Crippen molar-refractivity contribution in [1.82, 2.24) is 0 Å². The van der Waals surface area contributed by atoms with Gasteiger partial charge in [0.1, 0.15) is 12.4 Å². The molecular formula is C19H12F6OS2. The summed E-state index contributed by atoms with van der Waals surface area (Å²) < 4.78 is 85.3. The molecular weight excluding hydrogens is 422 g/mol. The highest BCUT2D eigenvalue weighted by Crippen LogP contribution is 2.47. The second kappa shape index (κ2) is 8.08. The highest BCUT2D eigenvalue weighted by Gasteiger charge is 2.44. The molecule has 1 heterocycles. The maximum absolute atomic E-state index is 13.4. The second-order valence-electron chi connectivity index (χ2n) is 5.59. The number of para-hydroxylation sites is 1. The van der Waals surface area contributed by atoms with Crippen molar-refractivity contribution >= 4 is 23.1 Å². The Morgan fingerprint density at radius 2 is 1.50 bits per heavy atom. The summed E-state index contributed by atoms with van der Waals surface area (Å²) in [6.45, 7) is 0.212. The lowest BCUT2D eigenvalue weighted by atomic mass is 10.1. The van der Waals surface area contributed by atoms with Gasteiger partial charge in [-0.25, -0.2) is 0 Å². The van der Waals surface area contributed by atoms with Crippen molar-refractivity contribution in [1.29, 1.82) is 0 Å². The third-order valence-corrected chi connectivity index (χ3v) is 5.60. The molecule has 148 valence electrons. The molecule has 0 saturated carbocycles. The molecule has 3 rings (SSSR count). The Morgan fingerprint density at radius 3 is 2.14 bits per heavy atom. The van der Waals surface area contributed by atoms with Gasteiger partial charge in [0.15, 0.2) is 0 Å². The van der Waals surface area contributed by atoms with Gasteiger partial charge in [0.2, 0.25) is 0 Å². The molecule has 3 aromatic rings. The summed E-state index contributed by atoms with van der Waals surface area (Å²) >= 11 is 2.05. The molecule has 0 aliphatic heterocycles. The van der Waals surface area contributed by atoms with Crippen LogP contribution >= 0.6 is 23.1 Å². The molecule has 0 saturated heterocycles. The van der Waals surface area contributed by atoms with Gasteiger partial charge in [-0.1, -0.05) is 36.0 Å². The van der Waals surface area contributed by atoms with E-state index < -0.39 is 28.4 Å². The van der Waals surface area contributed by atoms with Gasteiger partial charge >= 0.3 is 12.4 Å². The summed E-state index contributed by atoms with van der Waals surface area (Å²) in [5.74, 6) is 0.298. The fourth-order valence-corrected chi connectivity index (χ4v) is 4.16. The van der Waals surface area contributed by atoms with Gasteiger partial charge in [0.05, 0.1) is 16.0 Å². The van der Waals surface area contributed by atoms with Crippen LogP contribution in [-0.2, 0) is 19.0 Å². The number of alkyl halides is 6. The predicted molar refractivity (Wildman–Crippen MR) is 95.7 cm³/mol. The van der Waals surface area contributed by atoms with Crippen LogP contribution in [0.5, 0.6) is 5.75 Å². The zero-order chi connectivity index (χ0) is 20.4. The third kappa shape index (κ3) is 4.82. The van der Waals surface area contributed by atoms with E-state index in [0.717, 1.165) is 17.0 Å². The van der Waals surface area contributed by atoms with Gasteiger partial charge in [-0.2, -0.15) is 26.3 Å². The van der Waals surface area contributed by atoms with Crippen molar-refractivity contribution in [3.8, 4) is 5.75 Å². The molecule has 0 radical (unpaired) electrons. The first kappa shape index (κ1) is 20.6. The Hall–Kier alpha value is -2.13. The molecule has 1 aromatic heterocycles. The predicted octanol–water partition coefficient (Wildman–Crippen LogP) is 7.52. The number of thiophene rings is 1. The normalized spacial score (nSPS) is 12.2. The molecule has 0 unspecified atom stereocenters. The summed E-state index contributed by atoms with van der Waals surface area (Å²) in [5.41, 5.74) is -3.40. The maximum Gasteiger partial charge on any atom is 0.418 e. The van der Waals surface area contributed by atoms with Crippen LogP contribution in [0.3, 0.4) is 0 Å². The highest BCUT2D eigenvalue weighted by molar-refractivity contribution is 7.99. The lowest BCUT2D eigenvalue weighted by Crippen LogP contribution is -2.17. The molecule has 1 nitrogen and oxygen atoms in total. The number of hydrogen-bond donors (Lipinski definition) is 0. The van der Waals surface area contributed by atoms with Crippen molar-refractivity contribution in [2.75, 3.05) is 0 Å². The van der Waals surface area contributed by atoms with Crippen molar-refractivity contribution in [2.45, 2.75) is 28.8 Å². The molecule has 9 heteroatoms. The fraction of sp³-hybridized carbons (Fsp3) is 0.158. The van der Waals surface area contributed by atoms with E-state index in [1.54, 1.807) is 18.2 Å². The summed E-state index contributed by atoms with van der Waals surface area (Å²) in [4.78, 5) is 0.674. The third-order valence-electron chi connectivity index (χ3n) is 3.63. The van der Waals surface area contributed by atoms with Gasteiger partial charge in [0.25, 0.3) is 0 Å². The molecule has 0 fully saturated rings. The monoisotopic (exact) mass is 434 g/mol. The minimum Gasteiger partial charge on any atom is -0.487 e. The molecule has 28 heavy (non-hydrogen) atoms. The number of halogens is 6. The van der Waals surface area contributed by atoms with E-state index in [4.69, 9.17) is 4.74 Å². The fourth-order valence-electron chi connectivity index (χ4n) is 2.46. The van der Waals surface area contributed by atoms with Crippen LogP contribution in [-0.4, -0.2) is 0 Å². The molecule has 0 spiro atoms. The van der Waals surface area contributed by atoms with E-state index in [0.29, 0.717) is 28.5 Å². The Morgan fingerprint density at radius 1 is 0.786 bits per heavy atom. The van der Waals surface area contributed by atoms with Crippen molar-refractivity contribution in [3.05, 3.63) is 76.0 Å². The Labute approximate surface area is 165 Å². The summed E-state index contributed by atoms with van der Waals surface area (Å²) in [6, 6.07) is 12.4. The van der Waals surface area contributed by atoms with Crippen LogP contribution in [0.2, 0.25) is 0 Å². The number of rotatable bonds is 5. The average Bonchev–Trinajstić information content (AvgIpc) is 3.13. The SMILES string of the molecule is FC(F)(F)c1cccc(Sc2ccccc2OCc2cccs2)c1C(F)(F)F. The number of benzene rings is 2. The molecule has 0 amide bonds. The average molecular weight is 434 g/mol. The van der Waals surface area contributed by atoms with Crippen LogP contribution < -0.4 is 4.74 Å². The molecule has 0 atom stereocenters. The standard InChI is InChI=1S/C19H12F6OS2/c20-18(21,22)13-6-3-9-16(17(13)19(23,24)25)28-15-8-2-1-7-14(15)26-11-12-5-4-10-27-12/h1-10H,11H2. The first-order valence-electron chi connectivity index (χ1n) is 7.86. The van der Waals surface area contributed by atoms with Crippen molar-refractivity contribution < 1.29 is 31.1 Å². The quantitative estimate of drug-likeness (QED) is 0.384. The molecule has 0 bridgehead atoms. The maximum atomic E-state index is 13.4. The topological polar surface area (TPSA) is 9.23 Å². The minimum atomic E-state index is -5.15. The second-order valence-corrected chi connectivity index (χ2v) is 7.71. The van der Waals surface area contributed by atoms with Crippen LogP contribution in [0.4, 0.5) is 26.3 Å². The first-order chi connectivity index (χ1) is 13.2. The van der Waals surface area contributed by atoms with E-state index in [1.165, 1.54) is 17.4 Å². The highest BCUT2D eigenvalue weighted by atomic mass is 32.2. The van der Waals surface area contributed by atoms with Crippen molar-refractivity contribution in [3.63, 3.8) is 0 Å².